The molecule has 0 aliphatic rings. The summed E-state index contributed by atoms with van der Waals surface area (Å²) < 4.78 is 118. The third kappa shape index (κ3) is 10.9. The molecule has 0 atom stereocenters. The Labute approximate surface area is 307 Å². The smallest absolute Gasteiger partial charge is 0.741 e. The number of pyridine rings is 5. The normalized spacial score (nSPS) is 12.0. The molecule has 3 N–H and O–H groups in total. The molecule has 0 spiro atoms. The van der Waals surface area contributed by atoms with E-state index >= 15 is 0 Å². The van der Waals surface area contributed by atoms with Crippen molar-refractivity contribution in [3.05, 3.63) is 150 Å². The van der Waals surface area contributed by atoms with Crippen LogP contribution in [-0.4, -0.2) is 61.9 Å². The molecule has 0 amide bonds. The zero-order valence-electron chi connectivity index (χ0n) is 27.0. The van der Waals surface area contributed by atoms with Gasteiger partial charge in [-0.3, -0.25) is 24.9 Å². The standard InChI is InChI=1S/C29H25N5.2CHF3O3S.H2O.Zn/c1-28(22-12-3-7-18-30-22,23-13-4-8-19-31-23)26-16-11-17-27(34-26)29(2,24-14-5-9-20-32-24)25-15-6-10-21-33-25;2*2-1(3,4)8(5,6)7;;/h3-21H,1-2H3;2*(H,5,6,7);1H2;/q;;;;+2/p-1. The Bertz CT molecular complexity index is 1840. The van der Waals surface area contributed by atoms with Crippen molar-refractivity contribution in [1.82, 2.24) is 24.9 Å². The molecule has 0 radical (unpaired) electrons. The van der Waals surface area contributed by atoms with Crippen LogP contribution in [0.4, 0.5) is 26.3 Å². The maximum Gasteiger partial charge on any atom is 2.00 e. The van der Waals surface area contributed by atoms with Gasteiger partial charge in [0.1, 0.15) is 0 Å². The monoisotopic (exact) mass is 824 g/mol. The van der Waals surface area contributed by atoms with Crippen LogP contribution in [0.1, 0.15) is 48.0 Å². The van der Waals surface area contributed by atoms with Crippen LogP contribution < -0.4 is 0 Å². The van der Waals surface area contributed by atoms with Crippen LogP contribution in [0.2, 0.25) is 0 Å². The Kier molecular flexibility index (Phi) is 15.8. The molecule has 5 heterocycles. The van der Waals surface area contributed by atoms with Crippen LogP contribution >= 0.6 is 0 Å². The second kappa shape index (κ2) is 18.0. The molecular formula is C31H28F6N5O7S2Zn+. The topological polar surface area (TPSA) is 212 Å². The summed E-state index contributed by atoms with van der Waals surface area (Å²) >= 11 is 0. The molecule has 0 saturated carbocycles. The fourth-order valence-electron chi connectivity index (χ4n) is 4.41. The van der Waals surface area contributed by atoms with E-state index in [0.717, 1.165) is 34.2 Å². The number of hydrogen-bond acceptors (Lipinski definition) is 11. The Morgan fingerprint density at radius 2 is 0.673 bits per heavy atom. The average Bonchev–Trinajstić information content (AvgIpc) is 3.08. The van der Waals surface area contributed by atoms with E-state index in [1.54, 1.807) is 0 Å². The number of nitrogens with zero attached hydrogens (tertiary/aromatic N) is 5. The quantitative estimate of drug-likeness (QED) is 0.0762. The van der Waals surface area contributed by atoms with Crippen LogP contribution in [0.15, 0.2) is 116 Å². The van der Waals surface area contributed by atoms with E-state index in [1.807, 2.05) is 116 Å². The summed E-state index contributed by atoms with van der Waals surface area (Å²) in [5, 5.41) is 0. The summed E-state index contributed by atoms with van der Waals surface area (Å²) in [6.45, 7) is 4.26. The molecule has 0 saturated heterocycles. The first-order valence-corrected chi connectivity index (χ1v) is 16.6. The second-order valence-corrected chi connectivity index (χ2v) is 13.1. The Hall–Kier alpha value is -4.27. The number of hydrogen-bond donors (Lipinski definition) is 0. The van der Waals surface area contributed by atoms with Gasteiger partial charge in [0.2, 0.25) is 0 Å². The average molecular weight is 826 g/mol. The zero-order chi connectivity index (χ0) is 37.4. The predicted octanol–water partition coefficient (Wildman–Crippen LogP) is 4.55. The molecule has 0 fully saturated rings. The first-order chi connectivity index (χ1) is 23.1. The van der Waals surface area contributed by atoms with E-state index in [4.69, 9.17) is 50.9 Å². The first-order valence-electron chi connectivity index (χ1n) is 13.8. The van der Waals surface area contributed by atoms with Crippen LogP contribution in [0.3, 0.4) is 0 Å². The maximum atomic E-state index is 10.7. The van der Waals surface area contributed by atoms with Gasteiger partial charge in [-0.1, -0.05) is 30.3 Å². The summed E-state index contributed by atoms with van der Waals surface area (Å²) in [4.78, 5) is 24.1. The number of rotatable bonds is 6. The minimum atomic E-state index is -6.09. The molecule has 12 nitrogen and oxygen atoms in total. The summed E-state index contributed by atoms with van der Waals surface area (Å²) in [5.74, 6) is 0. The number of alkyl halides is 6. The van der Waals surface area contributed by atoms with Gasteiger partial charge in [-0.05, 0) is 74.5 Å². The summed E-state index contributed by atoms with van der Waals surface area (Å²) in [6, 6.07) is 29.9. The summed E-state index contributed by atoms with van der Waals surface area (Å²) in [5.41, 5.74) is -7.32. The van der Waals surface area contributed by atoms with Crippen LogP contribution in [0.25, 0.3) is 0 Å². The predicted molar refractivity (Wildman–Crippen MR) is 169 cm³/mol. The SMILES string of the molecule is CC(c1ccccn1)(c1ccccn1)c1cccc(C(C)(c2ccccn2)c2ccccn2)n1.O=S(=O)([O-])C(F)(F)F.O=S(=O)([O-])C(F)(F)F.[OH3+].[Zn+2]. The largest absolute Gasteiger partial charge is 2.00 e. The first kappa shape index (κ1) is 45.8. The fraction of sp³-hybridized carbons (Fsp3) is 0.194. The van der Waals surface area contributed by atoms with Gasteiger partial charge in [-0.25, -0.2) is 16.8 Å². The van der Waals surface area contributed by atoms with Gasteiger partial charge in [0.25, 0.3) is 0 Å². The van der Waals surface area contributed by atoms with E-state index in [1.165, 1.54) is 0 Å². The van der Waals surface area contributed by atoms with Crippen molar-refractivity contribution in [2.75, 3.05) is 0 Å². The van der Waals surface area contributed by atoms with Crippen LogP contribution in [-0.2, 0) is 56.0 Å². The third-order valence-corrected chi connectivity index (χ3v) is 8.18. The van der Waals surface area contributed by atoms with E-state index < -0.39 is 42.1 Å². The van der Waals surface area contributed by atoms with Gasteiger partial charge in [-0.15, -0.1) is 0 Å². The second-order valence-electron chi connectivity index (χ2n) is 10.3. The van der Waals surface area contributed by atoms with E-state index in [0.29, 0.717) is 0 Å². The molecule has 0 unspecified atom stereocenters. The molecule has 5 aromatic heterocycles. The van der Waals surface area contributed by atoms with Crippen molar-refractivity contribution < 1.29 is 77.2 Å². The number of aromatic nitrogens is 5. The van der Waals surface area contributed by atoms with Gasteiger partial charge < -0.3 is 14.6 Å². The Balaban J connectivity index is 0.000000632. The van der Waals surface area contributed by atoms with Gasteiger partial charge in [0, 0.05) is 24.8 Å². The van der Waals surface area contributed by atoms with Crippen molar-refractivity contribution in [3.63, 3.8) is 0 Å². The molecule has 52 heavy (non-hydrogen) atoms. The third-order valence-electron chi connectivity index (χ3n) is 7.05. The molecule has 0 bridgehead atoms. The zero-order valence-corrected chi connectivity index (χ0v) is 31.6. The van der Waals surface area contributed by atoms with Gasteiger partial charge in [0.15, 0.2) is 20.2 Å². The van der Waals surface area contributed by atoms with Gasteiger partial charge in [-0.2, -0.15) is 26.3 Å². The molecule has 0 aliphatic heterocycles. The Morgan fingerprint density at radius 1 is 0.462 bits per heavy atom. The molecule has 21 heteroatoms. The van der Waals surface area contributed by atoms with Crippen molar-refractivity contribution in [1.29, 1.82) is 0 Å². The molecule has 5 rings (SSSR count). The molecule has 0 aromatic carbocycles. The molecular weight excluding hydrogens is 798 g/mol. The molecule has 5 aromatic rings. The van der Waals surface area contributed by atoms with Gasteiger partial charge in [0.05, 0.1) is 45.0 Å². The minimum Gasteiger partial charge on any atom is -0.741 e. The van der Waals surface area contributed by atoms with Crippen molar-refractivity contribution in [3.8, 4) is 0 Å². The minimum absolute atomic E-state index is 0. The van der Waals surface area contributed by atoms with Crippen LogP contribution in [0.5, 0.6) is 0 Å². The van der Waals surface area contributed by atoms with E-state index in [-0.39, 0.29) is 25.0 Å². The molecule has 274 valence electrons. The number of halogens is 6. The summed E-state index contributed by atoms with van der Waals surface area (Å²) in [7, 11) is -12.2. The van der Waals surface area contributed by atoms with Crippen molar-refractivity contribution >= 4 is 20.2 Å². The maximum absolute atomic E-state index is 10.7. The van der Waals surface area contributed by atoms with Crippen LogP contribution in [0, 0.1) is 0 Å². The van der Waals surface area contributed by atoms with Crippen molar-refractivity contribution in [2.45, 2.75) is 35.7 Å². The van der Waals surface area contributed by atoms with E-state index in [2.05, 4.69) is 13.8 Å². The molecule has 0 aliphatic carbocycles. The Morgan fingerprint density at radius 3 is 0.846 bits per heavy atom. The fourth-order valence-corrected chi connectivity index (χ4v) is 4.41. The van der Waals surface area contributed by atoms with Crippen molar-refractivity contribution in [2.24, 2.45) is 0 Å². The van der Waals surface area contributed by atoms with E-state index in [9.17, 15) is 26.3 Å². The summed E-state index contributed by atoms with van der Waals surface area (Å²) in [6.07, 6.45) is 7.25. The van der Waals surface area contributed by atoms with Gasteiger partial charge >= 0.3 is 30.5 Å².